The molecule has 0 aromatic carbocycles. The lowest BCUT2D eigenvalue weighted by molar-refractivity contribution is 0.404. The Morgan fingerprint density at radius 2 is 2.24 bits per heavy atom. The van der Waals surface area contributed by atoms with Crippen molar-refractivity contribution in [1.29, 1.82) is 0 Å². The Kier molecular flexibility index (Phi) is 5.34. The molecule has 1 fully saturated rings. The molecule has 0 aliphatic heterocycles. The number of thiophene rings is 1. The molecule has 1 aromatic rings. The van der Waals surface area contributed by atoms with Gasteiger partial charge < -0.3 is 5.32 Å². The smallest absolute Gasteiger partial charge is 0.107 e. The molecule has 2 rings (SSSR count). The zero-order valence-corrected chi connectivity index (χ0v) is 13.3. The van der Waals surface area contributed by atoms with Gasteiger partial charge in [0.25, 0.3) is 0 Å². The van der Waals surface area contributed by atoms with Crippen molar-refractivity contribution in [3.8, 4) is 0 Å². The summed E-state index contributed by atoms with van der Waals surface area (Å²) in [5, 5.41) is 3.60. The number of nitrogens with one attached hydrogen (secondary N) is 1. The molecule has 0 spiro atoms. The van der Waals surface area contributed by atoms with Gasteiger partial charge in [-0.1, -0.05) is 44.2 Å². The van der Waals surface area contributed by atoms with Crippen molar-refractivity contribution >= 4 is 38.9 Å². The standard InChI is InChI=1S/C13H19BrClNS/c1-2-16-11(7-9-5-3-4-6-9)12-8-10(14)13(15)17-12/h8-9,11,16H,2-7H2,1H3. The van der Waals surface area contributed by atoms with Crippen LogP contribution in [0.25, 0.3) is 0 Å². The molecular formula is C13H19BrClNS. The summed E-state index contributed by atoms with van der Waals surface area (Å²) in [6, 6.07) is 2.66. The van der Waals surface area contributed by atoms with Crippen LogP contribution in [0.3, 0.4) is 0 Å². The second-order valence-electron chi connectivity index (χ2n) is 4.77. The van der Waals surface area contributed by atoms with Crippen LogP contribution in [0, 0.1) is 5.92 Å². The van der Waals surface area contributed by atoms with E-state index < -0.39 is 0 Å². The maximum absolute atomic E-state index is 6.13. The molecule has 1 atom stereocenters. The molecule has 1 aliphatic carbocycles. The number of hydrogen-bond acceptors (Lipinski definition) is 2. The first-order valence-corrected chi connectivity index (χ1v) is 8.37. The highest BCUT2D eigenvalue weighted by Gasteiger charge is 2.22. The first-order chi connectivity index (χ1) is 8.20. The van der Waals surface area contributed by atoms with Gasteiger partial charge in [0.2, 0.25) is 0 Å². The van der Waals surface area contributed by atoms with Crippen LogP contribution in [0.4, 0.5) is 0 Å². The first kappa shape index (κ1) is 13.9. The topological polar surface area (TPSA) is 12.0 Å². The van der Waals surface area contributed by atoms with Crippen LogP contribution in [0.2, 0.25) is 4.34 Å². The van der Waals surface area contributed by atoms with Gasteiger partial charge in [0.1, 0.15) is 4.34 Å². The average molecular weight is 337 g/mol. The lowest BCUT2D eigenvalue weighted by Crippen LogP contribution is -2.22. The van der Waals surface area contributed by atoms with Gasteiger partial charge in [-0.3, -0.25) is 0 Å². The highest BCUT2D eigenvalue weighted by molar-refractivity contribution is 9.10. The highest BCUT2D eigenvalue weighted by atomic mass is 79.9. The molecule has 17 heavy (non-hydrogen) atoms. The van der Waals surface area contributed by atoms with Gasteiger partial charge in [-0.2, -0.15) is 0 Å². The second-order valence-corrected chi connectivity index (χ2v) is 7.31. The Bertz CT molecular complexity index is 341. The summed E-state index contributed by atoms with van der Waals surface area (Å²) in [6.07, 6.45) is 6.90. The molecule has 0 radical (unpaired) electrons. The number of hydrogen-bond donors (Lipinski definition) is 1. The predicted molar refractivity (Wildman–Crippen MR) is 80.0 cm³/mol. The van der Waals surface area contributed by atoms with Crippen LogP contribution in [0.15, 0.2) is 10.5 Å². The Labute approximate surface area is 121 Å². The summed E-state index contributed by atoms with van der Waals surface area (Å²) in [7, 11) is 0. The lowest BCUT2D eigenvalue weighted by Gasteiger charge is -2.20. The van der Waals surface area contributed by atoms with Crippen molar-refractivity contribution in [2.45, 2.75) is 45.1 Å². The molecule has 0 amide bonds. The number of rotatable bonds is 5. The minimum Gasteiger partial charge on any atom is -0.310 e. The fraction of sp³-hybridized carbons (Fsp3) is 0.692. The van der Waals surface area contributed by atoms with E-state index in [4.69, 9.17) is 11.6 Å². The quantitative estimate of drug-likeness (QED) is 0.759. The molecule has 1 heterocycles. The Hall–Kier alpha value is 0.430. The summed E-state index contributed by atoms with van der Waals surface area (Å²) in [4.78, 5) is 1.37. The van der Waals surface area contributed by atoms with Gasteiger partial charge in [-0.15, -0.1) is 11.3 Å². The monoisotopic (exact) mass is 335 g/mol. The van der Waals surface area contributed by atoms with Crippen LogP contribution in [-0.4, -0.2) is 6.54 Å². The van der Waals surface area contributed by atoms with E-state index in [1.54, 1.807) is 11.3 Å². The SMILES string of the molecule is CCNC(CC1CCCC1)c1cc(Br)c(Cl)s1. The average Bonchev–Trinajstić information content (AvgIpc) is 2.90. The van der Waals surface area contributed by atoms with Crippen molar-refractivity contribution < 1.29 is 0 Å². The van der Waals surface area contributed by atoms with E-state index in [9.17, 15) is 0 Å². The molecule has 0 saturated heterocycles. The van der Waals surface area contributed by atoms with Crippen molar-refractivity contribution in [2.75, 3.05) is 6.54 Å². The number of halogens is 2. The molecule has 4 heteroatoms. The fourth-order valence-electron chi connectivity index (χ4n) is 2.66. The predicted octanol–water partition coefficient (Wildman–Crippen LogP) is 5.39. The Balaban J connectivity index is 2.04. The fourth-order valence-corrected chi connectivity index (χ4v) is 4.49. The molecule has 1 saturated carbocycles. The third-order valence-corrected chi connectivity index (χ3v) is 6.09. The molecule has 1 nitrogen and oxygen atoms in total. The van der Waals surface area contributed by atoms with E-state index in [1.807, 2.05) is 0 Å². The van der Waals surface area contributed by atoms with E-state index in [-0.39, 0.29) is 0 Å². The van der Waals surface area contributed by atoms with Gasteiger partial charge in [0.15, 0.2) is 0 Å². The summed E-state index contributed by atoms with van der Waals surface area (Å²) < 4.78 is 1.91. The molecule has 1 aliphatic rings. The minimum atomic E-state index is 0.483. The van der Waals surface area contributed by atoms with E-state index in [0.717, 1.165) is 21.3 Å². The van der Waals surface area contributed by atoms with E-state index in [2.05, 4.69) is 34.2 Å². The molecule has 0 bridgehead atoms. The molecule has 1 N–H and O–H groups in total. The lowest BCUT2D eigenvalue weighted by atomic mass is 9.97. The Morgan fingerprint density at radius 3 is 2.76 bits per heavy atom. The Morgan fingerprint density at radius 1 is 1.53 bits per heavy atom. The normalized spacial score (nSPS) is 18.8. The van der Waals surface area contributed by atoms with Crippen molar-refractivity contribution in [1.82, 2.24) is 5.32 Å². The van der Waals surface area contributed by atoms with Gasteiger partial charge >= 0.3 is 0 Å². The van der Waals surface area contributed by atoms with Crippen LogP contribution in [0.5, 0.6) is 0 Å². The van der Waals surface area contributed by atoms with Crippen LogP contribution in [0.1, 0.15) is 49.9 Å². The zero-order valence-electron chi connectivity index (χ0n) is 10.1. The van der Waals surface area contributed by atoms with Crippen molar-refractivity contribution in [3.63, 3.8) is 0 Å². The second kappa shape index (κ2) is 6.55. The maximum Gasteiger partial charge on any atom is 0.107 e. The third-order valence-electron chi connectivity index (χ3n) is 3.50. The van der Waals surface area contributed by atoms with Crippen LogP contribution < -0.4 is 5.32 Å². The highest BCUT2D eigenvalue weighted by Crippen LogP contribution is 2.39. The summed E-state index contributed by atoms with van der Waals surface area (Å²) in [6.45, 7) is 3.19. The molecular weight excluding hydrogens is 318 g/mol. The largest absolute Gasteiger partial charge is 0.310 e. The van der Waals surface area contributed by atoms with Crippen molar-refractivity contribution in [3.05, 3.63) is 19.8 Å². The molecule has 1 aromatic heterocycles. The molecule has 96 valence electrons. The van der Waals surface area contributed by atoms with E-state index in [0.29, 0.717) is 6.04 Å². The van der Waals surface area contributed by atoms with Crippen LogP contribution >= 0.6 is 38.9 Å². The van der Waals surface area contributed by atoms with Gasteiger partial charge in [-0.25, -0.2) is 0 Å². The van der Waals surface area contributed by atoms with Gasteiger partial charge in [0.05, 0.1) is 0 Å². The van der Waals surface area contributed by atoms with E-state index in [1.165, 1.54) is 37.0 Å². The van der Waals surface area contributed by atoms with Gasteiger partial charge in [-0.05, 0) is 40.9 Å². The van der Waals surface area contributed by atoms with E-state index >= 15 is 0 Å². The third kappa shape index (κ3) is 3.69. The summed E-state index contributed by atoms with van der Waals surface area (Å²) in [5.41, 5.74) is 0. The zero-order chi connectivity index (χ0) is 12.3. The maximum atomic E-state index is 6.13. The molecule has 1 unspecified atom stereocenters. The van der Waals surface area contributed by atoms with Crippen molar-refractivity contribution in [2.24, 2.45) is 5.92 Å². The first-order valence-electron chi connectivity index (χ1n) is 6.38. The van der Waals surface area contributed by atoms with Crippen LogP contribution in [-0.2, 0) is 0 Å². The minimum absolute atomic E-state index is 0.483. The van der Waals surface area contributed by atoms with Gasteiger partial charge in [0, 0.05) is 15.4 Å². The summed E-state index contributed by atoms with van der Waals surface area (Å²) >= 11 is 11.3. The summed E-state index contributed by atoms with van der Waals surface area (Å²) in [5.74, 6) is 0.902.